The Morgan fingerprint density at radius 2 is 1.00 bits per heavy atom. The van der Waals surface area contributed by atoms with E-state index in [1.165, 1.54) is 13.8 Å². The first kappa shape index (κ1) is 23.1. The molecule has 0 radical (unpaired) electrons. The van der Waals surface area contributed by atoms with Crippen molar-refractivity contribution in [1.82, 2.24) is 0 Å². The summed E-state index contributed by atoms with van der Waals surface area (Å²) in [5.41, 5.74) is 0. The van der Waals surface area contributed by atoms with Crippen LogP contribution in [0.1, 0.15) is 54.4 Å². The average molecular weight is 320 g/mol. The molecule has 0 rings (SSSR count). The number of esters is 2. The smallest absolute Gasteiger partial charge is 0.334 e. The van der Waals surface area contributed by atoms with Crippen LogP contribution in [0.25, 0.3) is 0 Å². The second-order valence-electron chi connectivity index (χ2n) is 6.05. The van der Waals surface area contributed by atoms with E-state index in [1.54, 1.807) is 0 Å². The van der Waals surface area contributed by atoms with E-state index in [9.17, 15) is 9.59 Å². The minimum absolute atomic E-state index is 0.404. The van der Waals surface area contributed by atoms with Crippen LogP contribution in [0.2, 0.25) is 0 Å². The summed E-state index contributed by atoms with van der Waals surface area (Å²) in [6, 6.07) is 0. The first-order chi connectivity index (χ1) is 10.1. The molecule has 0 fully saturated rings. The zero-order valence-electron chi connectivity index (χ0n) is 14.7. The van der Waals surface area contributed by atoms with E-state index in [1.807, 2.05) is 0 Å². The van der Waals surface area contributed by atoms with Gasteiger partial charge in [-0.15, -0.1) is 0 Å². The van der Waals surface area contributed by atoms with Gasteiger partial charge in [0, 0.05) is 0 Å². The van der Waals surface area contributed by atoms with E-state index in [-0.39, 0.29) is 0 Å². The number of ether oxygens (including phenoxy) is 2. The molecule has 0 heterocycles. The summed E-state index contributed by atoms with van der Waals surface area (Å²) in [4.78, 5) is 21.3. The number of aliphatic hydroxyl groups is 2. The van der Waals surface area contributed by atoms with E-state index in [2.05, 4.69) is 27.7 Å². The summed E-state index contributed by atoms with van der Waals surface area (Å²) in [5.74, 6) is -0.0232. The van der Waals surface area contributed by atoms with Gasteiger partial charge in [0.15, 0.2) is 0 Å². The predicted molar refractivity (Wildman–Crippen MR) is 84.2 cm³/mol. The van der Waals surface area contributed by atoms with Crippen LogP contribution in [-0.4, -0.2) is 47.6 Å². The highest BCUT2D eigenvalue weighted by atomic mass is 16.5. The molecule has 6 nitrogen and oxygen atoms in total. The van der Waals surface area contributed by atoms with Crippen molar-refractivity contribution in [3.05, 3.63) is 0 Å². The van der Waals surface area contributed by atoms with Crippen molar-refractivity contribution in [1.29, 1.82) is 0 Å². The molecule has 0 aromatic carbocycles. The van der Waals surface area contributed by atoms with Gasteiger partial charge in [-0.05, 0) is 38.5 Å². The standard InChI is InChI=1S/2C8H16O3/c2*1-6(2)4-5-11-8(10)7(3)9/h2*6-7,9H,4-5H2,1-3H3. The predicted octanol–water partition coefficient (Wildman–Crippen LogP) is 1.91. The van der Waals surface area contributed by atoms with Crippen molar-refractivity contribution >= 4 is 11.9 Å². The Kier molecular flexibility index (Phi) is 14.2. The highest BCUT2D eigenvalue weighted by molar-refractivity contribution is 5.74. The Morgan fingerprint density at radius 1 is 0.727 bits per heavy atom. The number of carbonyl (C=O) groups excluding carboxylic acids is 2. The second-order valence-corrected chi connectivity index (χ2v) is 6.05. The lowest BCUT2D eigenvalue weighted by molar-refractivity contribution is -0.153. The molecule has 2 unspecified atom stereocenters. The third-order valence-corrected chi connectivity index (χ3v) is 2.56. The maximum atomic E-state index is 10.7. The van der Waals surface area contributed by atoms with Gasteiger partial charge in [0.1, 0.15) is 12.2 Å². The van der Waals surface area contributed by atoms with E-state index in [0.717, 1.165) is 12.8 Å². The minimum Gasteiger partial charge on any atom is -0.464 e. The number of hydrogen-bond donors (Lipinski definition) is 2. The van der Waals surface area contributed by atoms with Crippen LogP contribution < -0.4 is 0 Å². The molecule has 0 aliphatic rings. The lowest BCUT2D eigenvalue weighted by atomic mass is 10.1. The zero-order chi connectivity index (χ0) is 17.7. The molecule has 0 spiro atoms. The summed E-state index contributed by atoms with van der Waals surface area (Å²) in [6.07, 6.45) is -0.305. The van der Waals surface area contributed by atoms with Crippen molar-refractivity contribution < 1.29 is 29.3 Å². The molecular formula is C16H32O6. The molecule has 0 saturated heterocycles. The van der Waals surface area contributed by atoms with Crippen molar-refractivity contribution in [2.24, 2.45) is 11.8 Å². The topological polar surface area (TPSA) is 93.1 Å². The monoisotopic (exact) mass is 320 g/mol. The Labute approximate surface area is 133 Å². The SMILES string of the molecule is CC(C)CCOC(=O)C(C)O.CC(C)CCOC(=O)C(C)O. The van der Waals surface area contributed by atoms with Crippen LogP contribution in [0.4, 0.5) is 0 Å². The Balaban J connectivity index is 0. The molecule has 132 valence electrons. The van der Waals surface area contributed by atoms with Gasteiger partial charge in [-0.1, -0.05) is 27.7 Å². The Morgan fingerprint density at radius 3 is 1.18 bits per heavy atom. The van der Waals surface area contributed by atoms with E-state index in [4.69, 9.17) is 19.7 Å². The lowest BCUT2D eigenvalue weighted by Crippen LogP contribution is -2.20. The molecule has 0 aromatic heterocycles. The fourth-order valence-corrected chi connectivity index (χ4v) is 1.03. The molecule has 0 aromatic rings. The molecule has 0 amide bonds. The van der Waals surface area contributed by atoms with Crippen LogP contribution >= 0.6 is 0 Å². The first-order valence-electron chi connectivity index (χ1n) is 7.77. The van der Waals surface area contributed by atoms with Crippen molar-refractivity contribution in [2.45, 2.75) is 66.6 Å². The molecule has 6 heteroatoms. The van der Waals surface area contributed by atoms with Crippen LogP contribution in [0, 0.1) is 11.8 Å². The summed E-state index contributed by atoms with van der Waals surface area (Å²) >= 11 is 0. The van der Waals surface area contributed by atoms with Gasteiger partial charge in [-0.3, -0.25) is 0 Å². The van der Waals surface area contributed by atoms with Crippen LogP contribution in [-0.2, 0) is 19.1 Å². The molecule has 2 N–H and O–H groups in total. The molecule has 2 atom stereocenters. The van der Waals surface area contributed by atoms with Crippen molar-refractivity contribution in [3.8, 4) is 0 Å². The quantitative estimate of drug-likeness (QED) is 0.664. The second kappa shape index (κ2) is 13.5. The van der Waals surface area contributed by atoms with Crippen LogP contribution in [0.5, 0.6) is 0 Å². The average Bonchev–Trinajstić information content (AvgIpc) is 2.38. The number of aliphatic hydroxyl groups excluding tert-OH is 2. The number of hydrogen-bond acceptors (Lipinski definition) is 6. The van der Waals surface area contributed by atoms with Crippen LogP contribution in [0.15, 0.2) is 0 Å². The maximum Gasteiger partial charge on any atom is 0.334 e. The third kappa shape index (κ3) is 16.9. The van der Waals surface area contributed by atoms with Crippen molar-refractivity contribution in [3.63, 3.8) is 0 Å². The minimum atomic E-state index is -0.998. The number of carbonyl (C=O) groups is 2. The maximum absolute atomic E-state index is 10.7. The van der Waals surface area contributed by atoms with Crippen LogP contribution in [0.3, 0.4) is 0 Å². The van der Waals surface area contributed by atoms with Gasteiger partial charge in [0.2, 0.25) is 0 Å². The van der Waals surface area contributed by atoms with Gasteiger partial charge in [-0.2, -0.15) is 0 Å². The molecule has 0 bridgehead atoms. The van der Waals surface area contributed by atoms with E-state index in [0.29, 0.717) is 25.0 Å². The summed E-state index contributed by atoms with van der Waals surface area (Å²) in [7, 11) is 0. The van der Waals surface area contributed by atoms with Gasteiger partial charge >= 0.3 is 11.9 Å². The van der Waals surface area contributed by atoms with Gasteiger partial charge in [0.25, 0.3) is 0 Å². The molecule has 22 heavy (non-hydrogen) atoms. The Hall–Kier alpha value is -1.14. The highest BCUT2D eigenvalue weighted by Gasteiger charge is 2.10. The van der Waals surface area contributed by atoms with Crippen molar-refractivity contribution in [2.75, 3.05) is 13.2 Å². The van der Waals surface area contributed by atoms with Gasteiger partial charge in [-0.25, -0.2) is 9.59 Å². The fraction of sp³-hybridized carbons (Fsp3) is 0.875. The summed E-state index contributed by atoms with van der Waals surface area (Å²) in [6.45, 7) is 11.8. The molecule has 0 aliphatic heterocycles. The summed E-state index contributed by atoms with van der Waals surface area (Å²) < 4.78 is 9.45. The molecule has 0 saturated carbocycles. The largest absolute Gasteiger partial charge is 0.464 e. The summed E-state index contributed by atoms with van der Waals surface area (Å²) in [5, 5.41) is 17.4. The first-order valence-corrected chi connectivity index (χ1v) is 7.77. The molecular weight excluding hydrogens is 288 g/mol. The van der Waals surface area contributed by atoms with Gasteiger partial charge in [0.05, 0.1) is 13.2 Å². The molecule has 0 aliphatic carbocycles. The lowest BCUT2D eigenvalue weighted by Gasteiger charge is -2.07. The normalized spacial score (nSPS) is 13.2. The fourth-order valence-electron chi connectivity index (χ4n) is 1.03. The third-order valence-electron chi connectivity index (χ3n) is 2.56. The zero-order valence-corrected chi connectivity index (χ0v) is 14.7. The van der Waals surface area contributed by atoms with E-state index >= 15 is 0 Å². The highest BCUT2D eigenvalue weighted by Crippen LogP contribution is 2.00. The van der Waals surface area contributed by atoms with Gasteiger partial charge < -0.3 is 19.7 Å². The number of rotatable bonds is 8. The van der Waals surface area contributed by atoms with E-state index < -0.39 is 24.1 Å². The Bertz CT molecular complexity index is 267.